The molecule has 2 aromatic rings. The van der Waals surface area contributed by atoms with Crippen molar-refractivity contribution in [3.05, 3.63) is 46.6 Å². The van der Waals surface area contributed by atoms with Gasteiger partial charge in [-0.1, -0.05) is 6.92 Å². The molecule has 1 aromatic heterocycles. The SMILES string of the molecule is CCc1cc(=O)n(CCNC(=O)Nc2ccc3c(c2)OCCO3)cn1. The number of aryl methyl sites for hydroxylation is 1. The largest absolute Gasteiger partial charge is 0.486 e. The number of carbonyl (C=O) groups is 1. The summed E-state index contributed by atoms with van der Waals surface area (Å²) in [6.07, 6.45) is 2.22. The fourth-order valence-corrected chi connectivity index (χ4v) is 2.41. The second kappa shape index (κ2) is 7.69. The molecule has 132 valence electrons. The summed E-state index contributed by atoms with van der Waals surface area (Å²) >= 11 is 0. The molecule has 0 saturated carbocycles. The van der Waals surface area contributed by atoms with Crippen LogP contribution in [0.4, 0.5) is 10.5 Å². The number of hydrogen-bond donors (Lipinski definition) is 2. The number of anilines is 1. The summed E-state index contributed by atoms with van der Waals surface area (Å²) < 4.78 is 12.4. The number of hydrogen-bond acceptors (Lipinski definition) is 5. The third kappa shape index (κ3) is 4.28. The second-order valence-corrected chi connectivity index (χ2v) is 5.50. The zero-order chi connectivity index (χ0) is 17.6. The van der Waals surface area contributed by atoms with Crippen LogP contribution in [0.15, 0.2) is 35.4 Å². The van der Waals surface area contributed by atoms with E-state index in [4.69, 9.17) is 9.47 Å². The number of rotatable bonds is 5. The smallest absolute Gasteiger partial charge is 0.319 e. The molecule has 0 radical (unpaired) electrons. The fraction of sp³-hybridized carbons (Fsp3) is 0.353. The van der Waals surface area contributed by atoms with Gasteiger partial charge in [-0.05, 0) is 18.6 Å². The van der Waals surface area contributed by atoms with Gasteiger partial charge in [0.15, 0.2) is 11.5 Å². The van der Waals surface area contributed by atoms with Gasteiger partial charge >= 0.3 is 6.03 Å². The first-order valence-electron chi connectivity index (χ1n) is 8.15. The Kier molecular flexibility index (Phi) is 5.17. The standard InChI is InChI=1S/C17H20N4O4/c1-2-12-10-16(22)21(11-19-12)6-5-18-17(23)20-13-3-4-14-15(9-13)25-8-7-24-14/h3-4,9-11H,2,5-8H2,1H3,(H2,18,20,23). The van der Waals surface area contributed by atoms with E-state index in [1.807, 2.05) is 6.92 Å². The van der Waals surface area contributed by atoms with Gasteiger partial charge in [-0.25, -0.2) is 9.78 Å². The molecule has 1 aliphatic rings. The van der Waals surface area contributed by atoms with Gasteiger partial charge < -0.3 is 20.1 Å². The number of benzene rings is 1. The van der Waals surface area contributed by atoms with Gasteiger partial charge in [0.25, 0.3) is 5.56 Å². The fourth-order valence-electron chi connectivity index (χ4n) is 2.41. The molecule has 1 aromatic carbocycles. The molecule has 0 atom stereocenters. The minimum atomic E-state index is -0.358. The average molecular weight is 344 g/mol. The Morgan fingerprint density at radius 1 is 1.24 bits per heavy atom. The maximum atomic E-state index is 12.0. The zero-order valence-corrected chi connectivity index (χ0v) is 13.9. The molecule has 0 aliphatic carbocycles. The van der Waals surface area contributed by atoms with Crippen molar-refractivity contribution < 1.29 is 14.3 Å². The van der Waals surface area contributed by atoms with Gasteiger partial charge in [0.1, 0.15) is 13.2 Å². The summed E-state index contributed by atoms with van der Waals surface area (Å²) in [5.41, 5.74) is 1.24. The molecule has 8 nitrogen and oxygen atoms in total. The van der Waals surface area contributed by atoms with Crippen LogP contribution in [0.25, 0.3) is 0 Å². The molecule has 8 heteroatoms. The number of carbonyl (C=O) groups excluding carboxylic acids is 1. The molecule has 0 saturated heterocycles. The van der Waals surface area contributed by atoms with E-state index in [0.29, 0.717) is 49.9 Å². The monoisotopic (exact) mass is 344 g/mol. The van der Waals surface area contributed by atoms with Crippen molar-refractivity contribution in [3.63, 3.8) is 0 Å². The molecule has 0 fully saturated rings. The lowest BCUT2D eigenvalue weighted by Crippen LogP contribution is -2.33. The summed E-state index contributed by atoms with van der Waals surface area (Å²) in [5.74, 6) is 1.28. The summed E-state index contributed by atoms with van der Waals surface area (Å²) in [6, 6.07) is 6.36. The number of aromatic nitrogens is 2. The van der Waals surface area contributed by atoms with Crippen LogP contribution in [-0.4, -0.2) is 35.3 Å². The van der Waals surface area contributed by atoms with Gasteiger partial charge in [0.05, 0.1) is 6.33 Å². The number of amides is 2. The number of urea groups is 1. The first-order chi connectivity index (χ1) is 12.2. The Bertz CT molecular complexity index is 819. The van der Waals surface area contributed by atoms with E-state index < -0.39 is 0 Å². The predicted octanol–water partition coefficient (Wildman–Crippen LogP) is 1.40. The summed E-state index contributed by atoms with van der Waals surface area (Å²) in [7, 11) is 0. The van der Waals surface area contributed by atoms with Gasteiger partial charge in [-0.3, -0.25) is 9.36 Å². The molecular weight excluding hydrogens is 324 g/mol. The van der Waals surface area contributed by atoms with Crippen LogP contribution in [0.3, 0.4) is 0 Å². The Morgan fingerprint density at radius 3 is 2.80 bits per heavy atom. The van der Waals surface area contributed by atoms with Crippen LogP contribution in [0.2, 0.25) is 0 Å². The zero-order valence-electron chi connectivity index (χ0n) is 13.9. The van der Waals surface area contributed by atoms with Crippen LogP contribution >= 0.6 is 0 Å². The maximum absolute atomic E-state index is 12.0. The average Bonchev–Trinajstić information content (AvgIpc) is 2.63. The van der Waals surface area contributed by atoms with Gasteiger partial charge in [0.2, 0.25) is 0 Å². The molecule has 2 heterocycles. The maximum Gasteiger partial charge on any atom is 0.319 e. The molecule has 0 bridgehead atoms. The normalized spacial score (nSPS) is 12.5. The molecular formula is C17H20N4O4. The van der Waals surface area contributed by atoms with Crippen LogP contribution in [0.1, 0.15) is 12.6 Å². The lowest BCUT2D eigenvalue weighted by Gasteiger charge is -2.19. The van der Waals surface area contributed by atoms with E-state index in [1.165, 1.54) is 17.0 Å². The lowest BCUT2D eigenvalue weighted by molar-refractivity contribution is 0.171. The van der Waals surface area contributed by atoms with E-state index in [2.05, 4.69) is 15.6 Å². The first-order valence-corrected chi connectivity index (χ1v) is 8.15. The molecule has 2 N–H and O–H groups in total. The van der Waals surface area contributed by atoms with E-state index in [9.17, 15) is 9.59 Å². The topological polar surface area (TPSA) is 94.5 Å². The summed E-state index contributed by atoms with van der Waals surface area (Å²) in [4.78, 5) is 28.0. The Hall–Kier alpha value is -3.03. The summed E-state index contributed by atoms with van der Waals surface area (Å²) in [5, 5.41) is 5.43. The highest BCUT2D eigenvalue weighted by atomic mass is 16.6. The number of ether oxygens (including phenoxy) is 2. The lowest BCUT2D eigenvalue weighted by atomic mass is 10.2. The van der Waals surface area contributed by atoms with Crippen molar-refractivity contribution >= 4 is 11.7 Å². The van der Waals surface area contributed by atoms with E-state index in [0.717, 1.165) is 5.69 Å². The third-order valence-electron chi connectivity index (χ3n) is 3.74. The number of nitrogens with zero attached hydrogens (tertiary/aromatic N) is 2. The molecule has 0 spiro atoms. The number of nitrogens with one attached hydrogen (secondary N) is 2. The first kappa shape index (κ1) is 16.8. The Balaban J connectivity index is 1.51. The van der Waals surface area contributed by atoms with E-state index in [1.54, 1.807) is 18.2 Å². The van der Waals surface area contributed by atoms with Crippen molar-refractivity contribution in [2.45, 2.75) is 19.9 Å². The van der Waals surface area contributed by atoms with Crippen molar-refractivity contribution in [3.8, 4) is 11.5 Å². The predicted molar refractivity (Wildman–Crippen MR) is 92.3 cm³/mol. The van der Waals surface area contributed by atoms with Gasteiger partial charge in [-0.15, -0.1) is 0 Å². The van der Waals surface area contributed by atoms with Crippen LogP contribution in [-0.2, 0) is 13.0 Å². The van der Waals surface area contributed by atoms with Crippen molar-refractivity contribution in [1.82, 2.24) is 14.9 Å². The molecule has 3 rings (SSSR count). The molecule has 25 heavy (non-hydrogen) atoms. The van der Waals surface area contributed by atoms with Crippen LogP contribution in [0, 0.1) is 0 Å². The van der Waals surface area contributed by atoms with Crippen molar-refractivity contribution in [2.75, 3.05) is 25.1 Å². The highest BCUT2D eigenvalue weighted by molar-refractivity contribution is 5.89. The van der Waals surface area contributed by atoms with Crippen molar-refractivity contribution in [2.24, 2.45) is 0 Å². The van der Waals surface area contributed by atoms with Crippen LogP contribution in [0.5, 0.6) is 11.5 Å². The number of fused-ring (bicyclic) bond motifs is 1. The highest BCUT2D eigenvalue weighted by Gasteiger charge is 2.12. The molecule has 2 amide bonds. The molecule has 1 aliphatic heterocycles. The Morgan fingerprint density at radius 2 is 2.04 bits per heavy atom. The Labute approximate surface area is 144 Å². The quantitative estimate of drug-likeness (QED) is 0.855. The minimum Gasteiger partial charge on any atom is -0.486 e. The van der Waals surface area contributed by atoms with Crippen LogP contribution < -0.4 is 25.7 Å². The third-order valence-corrected chi connectivity index (χ3v) is 3.74. The minimum absolute atomic E-state index is 0.124. The highest BCUT2D eigenvalue weighted by Crippen LogP contribution is 2.32. The van der Waals surface area contributed by atoms with E-state index >= 15 is 0 Å². The van der Waals surface area contributed by atoms with Crippen molar-refractivity contribution in [1.29, 1.82) is 0 Å². The summed E-state index contributed by atoms with van der Waals surface area (Å²) in [6.45, 7) is 3.61. The molecule has 0 unspecified atom stereocenters. The second-order valence-electron chi connectivity index (χ2n) is 5.50. The van der Waals surface area contributed by atoms with E-state index in [-0.39, 0.29) is 11.6 Å². The van der Waals surface area contributed by atoms with Gasteiger partial charge in [-0.2, -0.15) is 0 Å². The van der Waals surface area contributed by atoms with Gasteiger partial charge in [0, 0.05) is 36.6 Å².